The monoisotopic (exact) mass is 453 g/mol. The number of amides is 1. The Labute approximate surface area is 185 Å². The van der Waals surface area contributed by atoms with Crippen LogP contribution in [0.25, 0.3) is 5.76 Å². The van der Waals surface area contributed by atoms with Gasteiger partial charge in [-0.2, -0.15) is 0 Å². The van der Waals surface area contributed by atoms with E-state index < -0.39 is 29.3 Å². The molecule has 0 spiro atoms. The number of anilines is 1. The molecule has 3 aromatic rings. The molecule has 1 fully saturated rings. The zero-order valence-corrected chi connectivity index (χ0v) is 17.6. The Morgan fingerprint density at radius 2 is 1.88 bits per heavy atom. The average molecular weight is 453 g/mol. The molecule has 162 valence electrons. The van der Waals surface area contributed by atoms with E-state index >= 15 is 0 Å². The minimum absolute atomic E-state index is 0.0543. The van der Waals surface area contributed by atoms with Crippen molar-refractivity contribution in [1.29, 1.82) is 0 Å². The van der Waals surface area contributed by atoms with E-state index in [2.05, 4.69) is 10.2 Å². The Morgan fingerprint density at radius 1 is 1.12 bits per heavy atom. The summed E-state index contributed by atoms with van der Waals surface area (Å²) in [5.74, 6) is -2.04. The molecular formula is C22H16FN3O5S. The highest BCUT2D eigenvalue weighted by Gasteiger charge is 2.49. The first kappa shape index (κ1) is 20.1. The van der Waals surface area contributed by atoms with Crippen LogP contribution in [0, 0.1) is 12.7 Å². The number of rotatable bonds is 3. The van der Waals surface area contributed by atoms with Crippen molar-refractivity contribution >= 4 is 33.9 Å². The summed E-state index contributed by atoms with van der Waals surface area (Å²) in [6, 6.07) is 9.24. The standard InChI is InChI=1S/C22H16FN3O5S/c1-11-24-25-22(32-11)26-18(13-4-2-3-5-14(13)23)17(20(28)21(26)29)19(27)12-6-7-15-16(10-12)31-9-8-30-15/h2-7,10,18,27H,8-9H2,1H3/t18-/m1/s1. The molecule has 2 aliphatic heterocycles. The molecule has 8 nitrogen and oxygen atoms in total. The van der Waals surface area contributed by atoms with Crippen LogP contribution in [-0.4, -0.2) is 40.2 Å². The van der Waals surface area contributed by atoms with Crippen LogP contribution in [-0.2, 0) is 9.59 Å². The minimum Gasteiger partial charge on any atom is -0.507 e. The van der Waals surface area contributed by atoms with Crippen molar-refractivity contribution in [2.24, 2.45) is 0 Å². The quantitative estimate of drug-likeness (QED) is 0.368. The van der Waals surface area contributed by atoms with Gasteiger partial charge in [0, 0.05) is 11.1 Å². The van der Waals surface area contributed by atoms with Gasteiger partial charge in [0.2, 0.25) is 5.13 Å². The lowest BCUT2D eigenvalue weighted by Gasteiger charge is -2.23. The van der Waals surface area contributed by atoms with Gasteiger partial charge in [-0.15, -0.1) is 10.2 Å². The molecule has 0 radical (unpaired) electrons. The number of carbonyl (C=O) groups is 2. The molecule has 10 heteroatoms. The van der Waals surface area contributed by atoms with E-state index in [0.717, 1.165) is 16.2 Å². The highest BCUT2D eigenvalue weighted by Crippen LogP contribution is 2.44. The van der Waals surface area contributed by atoms with Crippen molar-refractivity contribution in [3.8, 4) is 11.5 Å². The van der Waals surface area contributed by atoms with E-state index in [1.165, 1.54) is 24.3 Å². The van der Waals surface area contributed by atoms with Crippen molar-refractivity contribution in [2.75, 3.05) is 18.1 Å². The zero-order valence-electron chi connectivity index (χ0n) is 16.7. The van der Waals surface area contributed by atoms with E-state index in [1.54, 1.807) is 25.1 Å². The van der Waals surface area contributed by atoms with E-state index in [4.69, 9.17) is 9.47 Å². The second-order valence-electron chi connectivity index (χ2n) is 7.15. The number of ether oxygens (including phenoxy) is 2. The number of hydrogen-bond donors (Lipinski definition) is 1. The summed E-state index contributed by atoms with van der Waals surface area (Å²) in [4.78, 5) is 27.1. The summed E-state index contributed by atoms with van der Waals surface area (Å²) in [6.07, 6.45) is 0. The molecule has 0 saturated carbocycles. The Morgan fingerprint density at radius 3 is 2.59 bits per heavy atom. The maximum atomic E-state index is 14.8. The van der Waals surface area contributed by atoms with Crippen molar-refractivity contribution in [3.05, 3.63) is 70.0 Å². The van der Waals surface area contributed by atoms with E-state index in [0.29, 0.717) is 29.7 Å². The lowest BCUT2D eigenvalue weighted by molar-refractivity contribution is -0.132. The van der Waals surface area contributed by atoms with E-state index in [-0.39, 0.29) is 21.8 Å². The molecule has 32 heavy (non-hydrogen) atoms. The van der Waals surface area contributed by atoms with Crippen molar-refractivity contribution < 1.29 is 28.6 Å². The van der Waals surface area contributed by atoms with Gasteiger partial charge in [0.05, 0.1) is 5.57 Å². The predicted molar refractivity (Wildman–Crippen MR) is 113 cm³/mol. The Bertz CT molecular complexity index is 1290. The number of nitrogens with zero attached hydrogens (tertiary/aromatic N) is 3. The van der Waals surface area contributed by atoms with Gasteiger partial charge < -0.3 is 14.6 Å². The maximum absolute atomic E-state index is 14.8. The number of benzene rings is 2. The van der Waals surface area contributed by atoms with Crippen molar-refractivity contribution in [2.45, 2.75) is 13.0 Å². The highest BCUT2D eigenvalue weighted by molar-refractivity contribution is 7.15. The number of fused-ring (bicyclic) bond motifs is 1. The van der Waals surface area contributed by atoms with Crippen LogP contribution in [0.15, 0.2) is 48.0 Å². The van der Waals surface area contributed by atoms with Crippen LogP contribution >= 0.6 is 11.3 Å². The van der Waals surface area contributed by atoms with Gasteiger partial charge in [0.15, 0.2) is 11.5 Å². The smallest absolute Gasteiger partial charge is 0.301 e. The van der Waals surface area contributed by atoms with Crippen LogP contribution in [0.2, 0.25) is 0 Å². The van der Waals surface area contributed by atoms with E-state index in [1.807, 2.05) is 0 Å². The number of aliphatic hydroxyl groups is 1. The number of carbonyl (C=O) groups excluding carboxylic acids is 2. The molecule has 0 unspecified atom stereocenters. The number of halogens is 1. The third kappa shape index (κ3) is 3.19. The lowest BCUT2D eigenvalue weighted by atomic mass is 9.95. The van der Waals surface area contributed by atoms with Crippen LogP contribution in [0.5, 0.6) is 11.5 Å². The summed E-state index contributed by atoms with van der Waals surface area (Å²) >= 11 is 1.09. The highest BCUT2D eigenvalue weighted by atomic mass is 32.1. The van der Waals surface area contributed by atoms with Crippen LogP contribution in [0.4, 0.5) is 9.52 Å². The molecular weight excluding hydrogens is 437 g/mol. The van der Waals surface area contributed by atoms with Gasteiger partial charge in [-0.05, 0) is 31.2 Å². The fourth-order valence-corrected chi connectivity index (χ4v) is 4.46. The summed E-state index contributed by atoms with van der Waals surface area (Å²) in [6.45, 7) is 2.44. The molecule has 0 bridgehead atoms. The second-order valence-corrected chi connectivity index (χ2v) is 8.31. The summed E-state index contributed by atoms with van der Waals surface area (Å²) < 4.78 is 25.9. The second kappa shape index (κ2) is 7.72. The number of aromatic nitrogens is 2. The third-order valence-corrected chi connectivity index (χ3v) is 6.02. The average Bonchev–Trinajstić information content (AvgIpc) is 3.34. The first-order valence-electron chi connectivity index (χ1n) is 9.71. The number of ketones is 1. The van der Waals surface area contributed by atoms with Crippen molar-refractivity contribution in [3.63, 3.8) is 0 Å². The largest absolute Gasteiger partial charge is 0.507 e. The van der Waals surface area contributed by atoms with Gasteiger partial charge in [-0.3, -0.25) is 14.5 Å². The Balaban J connectivity index is 1.71. The maximum Gasteiger partial charge on any atom is 0.301 e. The number of Topliss-reactive ketones (excluding diaryl/α,β-unsaturated/α-hetero) is 1. The SMILES string of the molecule is Cc1nnc(N2C(=O)C(=O)C(=C(O)c3ccc4c(c3)OCCO4)[C@H]2c2ccccc2F)s1. The molecule has 1 N–H and O–H groups in total. The van der Waals surface area contributed by atoms with Crippen molar-refractivity contribution in [1.82, 2.24) is 10.2 Å². The first-order valence-corrected chi connectivity index (χ1v) is 10.5. The summed E-state index contributed by atoms with van der Waals surface area (Å²) in [5, 5.41) is 19.7. The number of hydrogen-bond acceptors (Lipinski definition) is 8. The van der Waals surface area contributed by atoms with Crippen LogP contribution < -0.4 is 14.4 Å². The number of aliphatic hydroxyl groups excluding tert-OH is 1. The third-order valence-electron chi connectivity index (χ3n) is 5.18. The fraction of sp³-hybridized carbons (Fsp3) is 0.182. The molecule has 1 atom stereocenters. The molecule has 2 aromatic carbocycles. The Kier molecular flexibility index (Phi) is 4.86. The van der Waals surface area contributed by atoms with Gasteiger partial charge in [0.25, 0.3) is 5.78 Å². The summed E-state index contributed by atoms with van der Waals surface area (Å²) in [7, 11) is 0. The molecule has 1 saturated heterocycles. The molecule has 0 aliphatic carbocycles. The van der Waals surface area contributed by atoms with E-state index in [9.17, 15) is 19.1 Å². The zero-order chi connectivity index (χ0) is 22.4. The van der Waals surface area contributed by atoms with Gasteiger partial charge in [-0.25, -0.2) is 4.39 Å². The molecule has 3 heterocycles. The fourth-order valence-electron chi connectivity index (χ4n) is 3.75. The summed E-state index contributed by atoms with van der Waals surface area (Å²) in [5.41, 5.74) is 0.0466. The number of aryl methyl sites for hydroxylation is 1. The minimum atomic E-state index is -1.21. The van der Waals surface area contributed by atoms with Gasteiger partial charge in [0.1, 0.15) is 35.8 Å². The molecule has 2 aliphatic rings. The molecule has 1 amide bonds. The Hall–Kier alpha value is -3.79. The lowest BCUT2D eigenvalue weighted by Crippen LogP contribution is -2.29. The van der Waals surface area contributed by atoms with Gasteiger partial charge in [-0.1, -0.05) is 29.5 Å². The molecule has 1 aromatic heterocycles. The first-order chi connectivity index (χ1) is 15.5. The molecule has 5 rings (SSSR count). The van der Waals surface area contributed by atoms with Gasteiger partial charge >= 0.3 is 5.91 Å². The predicted octanol–water partition coefficient (Wildman–Crippen LogP) is 3.38. The topological polar surface area (TPSA) is 102 Å². The van der Waals surface area contributed by atoms with Crippen LogP contribution in [0.3, 0.4) is 0 Å². The van der Waals surface area contributed by atoms with Crippen LogP contribution in [0.1, 0.15) is 22.2 Å². The normalized spacial score (nSPS) is 19.4.